The van der Waals surface area contributed by atoms with E-state index in [0.717, 1.165) is 0 Å². The Hall–Kier alpha value is -2.73. The Morgan fingerprint density at radius 2 is 1.86 bits per heavy atom. The average molecular weight is 570 g/mol. The van der Waals surface area contributed by atoms with Gasteiger partial charge in [-0.15, -0.1) is 11.3 Å². The van der Waals surface area contributed by atoms with Gasteiger partial charge in [0.2, 0.25) is 5.91 Å². The molecule has 0 bridgehead atoms. The highest BCUT2D eigenvalue weighted by atomic mass is 32.2. The van der Waals surface area contributed by atoms with E-state index in [1.165, 1.54) is 36.4 Å². The number of hydrogen-bond acceptors (Lipinski definition) is 8. The van der Waals surface area contributed by atoms with Crippen LogP contribution in [0.1, 0.15) is 36.2 Å². The summed E-state index contributed by atoms with van der Waals surface area (Å²) in [5, 5.41) is 11.8. The first kappa shape index (κ1) is 28.8. The molecule has 1 amide bonds. The third-order valence-electron chi connectivity index (χ3n) is 5.41. The highest BCUT2D eigenvalue weighted by molar-refractivity contribution is 7.92. The van der Waals surface area contributed by atoms with Crippen LogP contribution in [0.4, 0.5) is 10.1 Å². The number of nitrogens with two attached hydrogens (primary N) is 2. The largest absolute Gasteiger partial charge is 0.347 e. The predicted octanol–water partition coefficient (Wildman–Crippen LogP) is 2.46. The Morgan fingerprint density at radius 1 is 1.19 bits per heavy atom. The number of rotatable bonds is 11. The lowest BCUT2D eigenvalue weighted by Gasteiger charge is -2.19. The highest BCUT2D eigenvalue weighted by Gasteiger charge is 2.37. The molecule has 3 aromatic rings. The van der Waals surface area contributed by atoms with Gasteiger partial charge in [-0.1, -0.05) is 36.8 Å². The number of sulfonamides is 1. The highest BCUT2D eigenvalue weighted by Crippen LogP contribution is 2.51. The zero-order valence-corrected chi connectivity index (χ0v) is 21.8. The van der Waals surface area contributed by atoms with Crippen molar-refractivity contribution in [2.24, 2.45) is 11.5 Å². The molecule has 0 aliphatic rings. The second-order valence-electron chi connectivity index (χ2n) is 8.08. The quantitative estimate of drug-likeness (QED) is 0.148. The molecule has 37 heavy (non-hydrogen) atoms. The smallest absolute Gasteiger partial charge is 0.330 e. The topological polar surface area (TPSA) is 209 Å². The minimum Gasteiger partial charge on any atom is -0.330 e. The summed E-state index contributed by atoms with van der Waals surface area (Å²) in [5.41, 5.74) is 10.9. The van der Waals surface area contributed by atoms with E-state index in [4.69, 9.17) is 11.5 Å². The SMILES string of the molecule is N#Cc1c(NC(=O)[C@@H](N)CCCCN)ccc2sc(S(=O)(=O)NC(c3ccccc3)P(=O)(O)O)c(F)c12. The molecule has 1 heterocycles. The molecule has 15 heteroatoms. The van der Waals surface area contributed by atoms with Crippen LogP contribution in [0.3, 0.4) is 0 Å². The number of nitrogens with one attached hydrogen (secondary N) is 2. The van der Waals surface area contributed by atoms with Crippen molar-refractivity contribution in [2.75, 3.05) is 11.9 Å². The second kappa shape index (κ2) is 11.8. The van der Waals surface area contributed by atoms with Gasteiger partial charge in [0, 0.05) is 10.1 Å². The van der Waals surface area contributed by atoms with Crippen molar-refractivity contribution in [2.45, 2.75) is 35.3 Å². The summed E-state index contributed by atoms with van der Waals surface area (Å²) < 4.78 is 54.8. The van der Waals surface area contributed by atoms with Crippen LogP contribution >= 0.6 is 18.9 Å². The Morgan fingerprint density at radius 3 is 2.46 bits per heavy atom. The summed E-state index contributed by atoms with van der Waals surface area (Å²) in [7, 11) is -9.85. The van der Waals surface area contributed by atoms with Gasteiger partial charge in [-0.3, -0.25) is 9.36 Å². The van der Waals surface area contributed by atoms with Crippen LogP contribution < -0.4 is 21.5 Å². The molecule has 2 aromatic carbocycles. The van der Waals surface area contributed by atoms with E-state index in [0.29, 0.717) is 37.1 Å². The van der Waals surface area contributed by atoms with E-state index in [9.17, 15) is 32.8 Å². The Kier molecular flexibility index (Phi) is 9.17. The summed E-state index contributed by atoms with van der Waals surface area (Å²) in [6.45, 7) is 0.446. The molecule has 0 saturated carbocycles. The second-order valence-corrected chi connectivity index (χ2v) is 12.7. The van der Waals surface area contributed by atoms with Gasteiger partial charge in [0.15, 0.2) is 10.0 Å². The van der Waals surface area contributed by atoms with Crippen molar-refractivity contribution >= 4 is 50.6 Å². The van der Waals surface area contributed by atoms with Crippen molar-refractivity contribution in [1.82, 2.24) is 4.72 Å². The van der Waals surface area contributed by atoms with Crippen molar-refractivity contribution in [1.29, 1.82) is 5.26 Å². The first-order chi connectivity index (χ1) is 17.4. The van der Waals surface area contributed by atoms with E-state index < -0.39 is 45.4 Å². The molecule has 1 unspecified atom stereocenters. The summed E-state index contributed by atoms with van der Waals surface area (Å²) in [6, 6.07) is 10.7. The molecule has 2 atom stereocenters. The number of hydrogen-bond donors (Lipinski definition) is 6. The van der Waals surface area contributed by atoms with Gasteiger partial charge in [-0.05, 0) is 37.1 Å². The molecule has 0 aliphatic heterocycles. The molecule has 8 N–H and O–H groups in total. The first-order valence-electron chi connectivity index (χ1n) is 10.9. The van der Waals surface area contributed by atoms with Crippen LogP contribution in [0.15, 0.2) is 46.7 Å². The van der Waals surface area contributed by atoms with E-state index in [-0.39, 0.29) is 26.9 Å². The minimum atomic E-state index is -5.05. The molecule has 0 saturated heterocycles. The number of fused-ring (bicyclic) bond motifs is 1. The maximum Gasteiger partial charge on any atom is 0.347 e. The molecule has 0 fully saturated rings. The number of halogens is 1. The van der Waals surface area contributed by atoms with Crippen molar-refractivity contribution in [3.63, 3.8) is 0 Å². The molecular formula is C22H25FN5O6PS2. The lowest BCUT2D eigenvalue weighted by Crippen LogP contribution is -2.35. The Bertz CT molecular complexity index is 1490. The Balaban J connectivity index is 1.99. The summed E-state index contributed by atoms with van der Waals surface area (Å²) >= 11 is 0.477. The normalized spacial score (nSPS) is 13.7. The lowest BCUT2D eigenvalue weighted by atomic mass is 10.1. The number of anilines is 1. The van der Waals surface area contributed by atoms with Gasteiger partial charge >= 0.3 is 7.60 Å². The molecular weight excluding hydrogens is 544 g/mol. The zero-order valence-electron chi connectivity index (χ0n) is 19.3. The number of nitrogens with zero attached hydrogens (tertiary/aromatic N) is 1. The maximum absolute atomic E-state index is 15.5. The van der Waals surface area contributed by atoms with Crippen LogP contribution in [-0.2, 0) is 19.4 Å². The fraction of sp³-hybridized carbons (Fsp3) is 0.273. The van der Waals surface area contributed by atoms with Gasteiger partial charge in [0.1, 0.15) is 11.9 Å². The van der Waals surface area contributed by atoms with Crippen LogP contribution in [0.2, 0.25) is 0 Å². The van der Waals surface area contributed by atoms with E-state index in [1.807, 2.05) is 4.72 Å². The van der Waals surface area contributed by atoms with E-state index in [2.05, 4.69) is 5.32 Å². The van der Waals surface area contributed by atoms with Crippen molar-refractivity contribution in [3.05, 3.63) is 59.4 Å². The molecule has 0 aliphatic carbocycles. The van der Waals surface area contributed by atoms with Crippen LogP contribution in [0.25, 0.3) is 10.1 Å². The molecule has 11 nitrogen and oxygen atoms in total. The van der Waals surface area contributed by atoms with Crippen molar-refractivity contribution in [3.8, 4) is 6.07 Å². The predicted molar refractivity (Wildman–Crippen MR) is 138 cm³/mol. The van der Waals surface area contributed by atoms with E-state index in [1.54, 1.807) is 12.1 Å². The minimum absolute atomic E-state index is 0.0218. The third-order valence-corrected chi connectivity index (χ3v) is 9.73. The van der Waals surface area contributed by atoms with Crippen LogP contribution in [0.5, 0.6) is 0 Å². The molecule has 1 aromatic heterocycles. The number of amides is 1. The summed E-state index contributed by atoms with van der Waals surface area (Å²) in [5.74, 6) is -3.86. The van der Waals surface area contributed by atoms with Gasteiger partial charge < -0.3 is 26.6 Å². The fourth-order valence-corrected chi connectivity index (χ4v) is 7.63. The van der Waals surface area contributed by atoms with Gasteiger partial charge in [0.25, 0.3) is 10.0 Å². The maximum atomic E-state index is 15.5. The molecule has 0 spiro atoms. The van der Waals surface area contributed by atoms with Gasteiger partial charge in [-0.2, -0.15) is 9.98 Å². The lowest BCUT2D eigenvalue weighted by molar-refractivity contribution is -0.117. The zero-order chi connectivity index (χ0) is 27.4. The Labute approximate surface area is 216 Å². The van der Waals surface area contributed by atoms with E-state index >= 15 is 4.39 Å². The van der Waals surface area contributed by atoms with Gasteiger partial charge in [-0.25, -0.2) is 12.8 Å². The number of unbranched alkanes of at least 4 members (excludes halogenated alkanes) is 1. The molecule has 3 rings (SSSR count). The monoisotopic (exact) mass is 569 g/mol. The number of benzene rings is 2. The van der Waals surface area contributed by atoms with Crippen LogP contribution in [-0.4, -0.2) is 36.7 Å². The average Bonchev–Trinajstić information content (AvgIpc) is 3.20. The third kappa shape index (κ3) is 6.59. The van der Waals surface area contributed by atoms with Crippen molar-refractivity contribution < 1.29 is 32.0 Å². The van der Waals surface area contributed by atoms with Gasteiger partial charge in [0.05, 0.1) is 17.3 Å². The number of carbonyl (C=O) groups excluding carboxylic acids is 1. The standard InChI is InChI=1S/C22H25FN5O6PS2/c23-19-18-14(12-25)16(27-20(29)15(26)8-4-5-11-24)9-10-17(18)36-22(19)37(33,34)28-21(35(30,31)32)13-6-2-1-3-7-13/h1-3,6-7,9-10,15,21,28H,4-5,8,11,24,26H2,(H,27,29)(H2,30,31,32)/t15-,21?/m0/s1. The van der Waals surface area contributed by atoms with Crippen LogP contribution in [0, 0.1) is 17.1 Å². The molecule has 0 radical (unpaired) electrons. The summed E-state index contributed by atoms with van der Waals surface area (Å²) in [6.07, 6.45) is 1.63. The number of nitriles is 1. The summed E-state index contributed by atoms with van der Waals surface area (Å²) in [4.78, 5) is 32.0. The number of carbonyl (C=O) groups is 1. The molecule has 198 valence electrons. The first-order valence-corrected chi connectivity index (χ1v) is 14.9. The fourth-order valence-electron chi connectivity index (χ4n) is 3.56. The number of thiophene rings is 1.